The summed E-state index contributed by atoms with van der Waals surface area (Å²) in [5.41, 5.74) is -0.858. The highest BCUT2D eigenvalue weighted by atomic mass is 79.9. The molecular formula is C16H12Br2F3NO2. The van der Waals surface area contributed by atoms with Crippen molar-refractivity contribution in [2.75, 3.05) is 4.90 Å². The van der Waals surface area contributed by atoms with Crippen LogP contribution in [-0.4, -0.2) is 21.5 Å². The quantitative estimate of drug-likeness (QED) is 0.463. The molecule has 3 aliphatic rings. The molecule has 0 aromatic heterocycles. The Morgan fingerprint density at radius 2 is 1.54 bits per heavy atom. The number of halogens is 5. The first-order chi connectivity index (χ1) is 11.2. The summed E-state index contributed by atoms with van der Waals surface area (Å²) in [5.74, 6) is -1.54. The molecule has 4 rings (SSSR count). The summed E-state index contributed by atoms with van der Waals surface area (Å²) in [6.07, 6.45) is -3.73. The van der Waals surface area contributed by atoms with E-state index >= 15 is 0 Å². The minimum atomic E-state index is -4.52. The normalized spacial score (nSPS) is 38.1. The molecule has 2 saturated carbocycles. The largest absolute Gasteiger partial charge is 0.416 e. The minimum Gasteiger partial charge on any atom is -0.274 e. The third-order valence-corrected chi connectivity index (χ3v) is 8.63. The first-order valence-corrected chi connectivity index (χ1v) is 9.38. The van der Waals surface area contributed by atoms with Crippen LogP contribution in [0.3, 0.4) is 0 Å². The van der Waals surface area contributed by atoms with Gasteiger partial charge in [0.2, 0.25) is 11.8 Å². The van der Waals surface area contributed by atoms with Crippen molar-refractivity contribution < 1.29 is 22.8 Å². The lowest BCUT2D eigenvalue weighted by molar-refractivity contribution is -0.137. The minimum absolute atomic E-state index is 0.00544. The van der Waals surface area contributed by atoms with Crippen molar-refractivity contribution in [1.82, 2.24) is 0 Å². The van der Waals surface area contributed by atoms with Crippen molar-refractivity contribution in [2.24, 2.45) is 23.7 Å². The van der Waals surface area contributed by atoms with Crippen LogP contribution in [0.25, 0.3) is 0 Å². The average Bonchev–Trinajstić information content (AvgIpc) is 3.12. The van der Waals surface area contributed by atoms with Gasteiger partial charge in [-0.1, -0.05) is 37.9 Å². The van der Waals surface area contributed by atoms with Crippen molar-refractivity contribution in [2.45, 2.75) is 22.3 Å². The Morgan fingerprint density at radius 3 is 2.04 bits per heavy atom. The summed E-state index contributed by atoms with van der Waals surface area (Å²) in [5, 5.41) is 0. The predicted octanol–water partition coefficient (Wildman–Crippen LogP) is 3.99. The maximum atomic E-state index is 12.9. The summed E-state index contributed by atoms with van der Waals surface area (Å²) in [6, 6.07) is 4.41. The van der Waals surface area contributed by atoms with E-state index in [0.717, 1.165) is 23.5 Å². The van der Waals surface area contributed by atoms with E-state index in [-0.39, 0.29) is 39.0 Å². The fourth-order valence-corrected chi connectivity index (χ4v) is 6.30. The van der Waals surface area contributed by atoms with E-state index < -0.39 is 23.6 Å². The van der Waals surface area contributed by atoms with Gasteiger partial charge in [0.15, 0.2) is 0 Å². The van der Waals surface area contributed by atoms with E-state index in [4.69, 9.17) is 0 Å². The van der Waals surface area contributed by atoms with Crippen LogP contribution >= 0.6 is 31.9 Å². The zero-order chi connectivity index (χ0) is 17.4. The van der Waals surface area contributed by atoms with Crippen molar-refractivity contribution >= 4 is 49.4 Å². The molecule has 1 aromatic rings. The molecule has 1 aromatic carbocycles. The number of carbonyl (C=O) groups excluding carboxylic acids is 2. The van der Waals surface area contributed by atoms with Crippen molar-refractivity contribution in [3.63, 3.8) is 0 Å². The number of benzene rings is 1. The molecular weight excluding hydrogens is 455 g/mol. The molecule has 0 N–H and O–H groups in total. The van der Waals surface area contributed by atoms with Crippen LogP contribution in [0.4, 0.5) is 18.9 Å². The van der Waals surface area contributed by atoms with Gasteiger partial charge < -0.3 is 0 Å². The van der Waals surface area contributed by atoms with Crippen molar-refractivity contribution in [3.05, 3.63) is 29.8 Å². The highest BCUT2D eigenvalue weighted by Gasteiger charge is 2.66. The number of rotatable bonds is 1. The van der Waals surface area contributed by atoms with Gasteiger partial charge in [-0.05, 0) is 36.5 Å². The number of hydrogen-bond acceptors (Lipinski definition) is 2. The number of fused-ring (bicyclic) bond motifs is 5. The van der Waals surface area contributed by atoms with E-state index in [1.807, 2.05) is 0 Å². The van der Waals surface area contributed by atoms with Crippen LogP contribution in [-0.2, 0) is 15.8 Å². The van der Waals surface area contributed by atoms with Crippen LogP contribution in [0.5, 0.6) is 0 Å². The Balaban J connectivity index is 1.72. The highest BCUT2D eigenvalue weighted by molar-refractivity contribution is 9.12. The van der Waals surface area contributed by atoms with Gasteiger partial charge >= 0.3 is 6.18 Å². The van der Waals surface area contributed by atoms with Gasteiger partial charge in [0.1, 0.15) is 0 Å². The monoisotopic (exact) mass is 465 g/mol. The smallest absolute Gasteiger partial charge is 0.274 e. The topological polar surface area (TPSA) is 37.4 Å². The molecule has 0 spiro atoms. The molecule has 1 saturated heterocycles. The van der Waals surface area contributed by atoms with Crippen LogP contribution in [0.2, 0.25) is 0 Å². The van der Waals surface area contributed by atoms with Gasteiger partial charge in [-0.3, -0.25) is 14.5 Å². The maximum Gasteiger partial charge on any atom is 0.416 e. The Morgan fingerprint density at radius 1 is 1.00 bits per heavy atom. The highest BCUT2D eigenvalue weighted by Crippen LogP contribution is 2.60. The van der Waals surface area contributed by atoms with Crippen molar-refractivity contribution in [1.29, 1.82) is 0 Å². The molecule has 1 heterocycles. The van der Waals surface area contributed by atoms with Gasteiger partial charge in [0.25, 0.3) is 0 Å². The summed E-state index contributed by atoms with van der Waals surface area (Å²) >= 11 is 7.16. The second-order valence-corrected chi connectivity index (χ2v) is 8.68. The molecule has 1 aliphatic heterocycles. The standard InChI is InChI=1S/C16H12Br2F3NO2/c17-12-8-5-9(13(12)18)11-10(8)14(23)22(15(11)24)7-3-1-2-6(4-7)16(19,20)21/h1-4,8-13H,5H2/t8-,9-,10-,11-,12+,13+/m1/s1. The second kappa shape index (κ2) is 5.30. The molecule has 6 atom stereocenters. The molecule has 3 fully saturated rings. The van der Waals surface area contributed by atoms with Crippen LogP contribution < -0.4 is 4.90 Å². The Kier molecular flexibility index (Phi) is 3.66. The molecule has 2 aliphatic carbocycles. The molecule has 3 nitrogen and oxygen atoms in total. The lowest BCUT2D eigenvalue weighted by Crippen LogP contribution is -2.37. The third kappa shape index (κ3) is 2.14. The van der Waals surface area contributed by atoms with Gasteiger partial charge in [-0.2, -0.15) is 13.2 Å². The second-order valence-electron chi connectivity index (χ2n) is 6.56. The third-order valence-electron chi connectivity index (χ3n) is 5.42. The molecule has 0 radical (unpaired) electrons. The maximum absolute atomic E-state index is 12.9. The number of alkyl halides is 5. The molecule has 128 valence electrons. The first-order valence-electron chi connectivity index (χ1n) is 7.55. The van der Waals surface area contributed by atoms with E-state index in [1.165, 1.54) is 12.1 Å². The van der Waals surface area contributed by atoms with Crippen LogP contribution in [0.15, 0.2) is 24.3 Å². The lowest BCUT2D eigenvalue weighted by atomic mass is 9.81. The van der Waals surface area contributed by atoms with Crippen LogP contribution in [0, 0.1) is 23.7 Å². The molecule has 2 amide bonds. The summed E-state index contributed by atoms with van der Waals surface area (Å²) < 4.78 is 38.7. The zero-order valence-corrected chi connectivity index (χ0v) is 15.3. The predicted molar refractivity (Wildman–Crippen MR) is 87.9 cm³/mol. The van der Waals surface area contributed by atoms with E-state index in [1.54, 1.807) is 0 Å². The number of hydrogen-bond donors (Lipinski definition) is 0. The van der Waals surface area contributed by atoms with E-state index in [0.29, 0.717) is 0 Å². The van der Waals surface area contributed by atoms with Gasteiger partial charge in [-0.15, -0.1) is 0 Å². The fraction of sp³-hybridized carbons (Fsp3) is 0.500. The van der Waals surface area contributed by atoms with Gasteiger partial charge in [0, 0.05) is 9.65 Å². The lowest BCUT2D eigenvalue weighted by Gasteiger charge is -2.28. The number of carbonyl (C=O) groups is 2. The summed E-state index contributed by atoms with van der Waals surface area (Å²) in [6.45, 7) is 0. The number of anilines is 1. The molecule has 2 bridgehead atoms. The Hall–Kier alpha value is -0.890. The number of imide groups is 1. The first kappa shape index (κ1) is 16.6. The van der Waals surface area contributed by atoms with E-state index in [9.17, 15) is 22.8 Å². The zero-order valence-electron chi connectivity index (χ0n) is 12.1. The summed E-state index contributed by atoms with van der Waals surface area (Å²) in [4.78, 5) is 26.7. The number of amides is 2. The Labute approximate surface area is 152 Å². The van der Waals surface area contributed by atoms with Crippen LogP contribution in [0.1, 0.15) is 12.0 Å². The van der Waals surface area contributed by atoms with Gasteiger partial charge in [-0.25, -0.2) is 0 Å². The summed E-state index contributed by atoms with van der Waals surface area (Å²) in [7, 11) is 0. The number of nitrogens with zero attached hydrogens (tertiary/aromatic N) is 1. The SMILES string of the molecule is O=C1[C@@H]2[C@H]3C[C@@H]([C@H](Br)[C@H]3Br)[C@H]2C(=O)N1c1cccc(C(F)(F)F)c1. The molecule has 24 heavy (non-hydrogen) atoms. The van der Waals surface area contributed by atoms with Crippen molar-refractivity contribution in [3.8, 4) is 0 Å². The average molecular weight is 467 g/mol. The van der Waals surface area contributed by atoms with Gasteiger partial charge in [0.05, 0.1) is 23.1 Å². The van der Waals surface area contributed by atoms with E-state index in [2.05, 4.69) is 31.9 Å². The Bertz CT molecular complexity index is 706. The molecule has 0 unspecified atom stereocenters. The molecule has 8 heteroatoms. The fourth-order valence-electron chi connectivity index (χ4n) is 4.42.